The van der Waals surface area contributed by atoms with Crippen LogP contribution >= 0.6 is 0 Å². The molecular weight excluding hydrogens is 200 g/mol. The summed E-state index contributed by atoms with van der Waals surface area (Å²) in [6.07, 6.45) is 6.17. The van der Waals surface area contributed by atoms with Crippen molar-refractivity contribution in [1.82, 2.24) is 0 Å². The third kappa shape index (κ3) is 5.00. The second-order valence-corrected chi connectivity index (χ2v) is 6.72. The van der Waals surface area contributed by atoms with E-state index in [2.05, 4.69) is 0 Å². The Morgan fingerprint density at radius 1 is 1.19 bits per heavy atom. The average molecular weight is 226 g/mol. The first kappa shape index (κ1) is 13.5. The van der Waals surface area contributed by atoms with E-state index < -0.39 is 0 Å². The zero-order chi connectivity index (χ0) is 12.4. The Labute approximate surface area is 99.8 Å². The molecular formula is C14H26O2. The quantitative estimate of drug-likeness (QED) is 0.664. The summed E-state index contributed by atoms with van der Waals surface area (Å²) < 4.78 is 5.44. The van der Waals surface area contributed by atoms with E-state index >= 15 is 0 Å². The summed E-state index contributed by atoms with van der Waals surface area (Å²) >= 11 is 0. The van der Waals surface area contributed by atoms with Crippen molar-refractivity contribution in [1.29, 1.82) is 0 Å². The van der Waals surface area contributed by atoms with Crippen molar-refractivity contribution in [3.05, 3.63) is 0 Å². The van der Waals surface area contributed by atoms with Crippen molar-refractivity contribution in [2.75, 3.05) is 0 Å². The third-order valence-corrected chi connectivity index (χ3v) is 3.06. The number of esters is 1. The largest absolute Gasteiger partial charge is 0.460 e. The first-order chi connectivity index (χ1) is 7.21. The van der Waals surface area contributed by atoms with Crippen LogP contribution in [0.1, 0.15) is 66.7 Å². The smallest absolute Gasteiger partial charge is 0.312 e. The van der Waals surface area contributed by atoms with Crippen molar-refractivity contribution in [3.8, 4) is 0 Å². The minimum absolute atomic E-state index is 0.0594. The number of hydrogen-bond donors (Lipinski definition) is 0. The molecule has 0 aromatic rings. The van der Waals surface area contributed by atoms with E-state index in [1.165, 1.54) is 19.3 Å². The van der Waals surface area contributed by atoms with Gasteiger partial charge in [-0.2, -0.15) is 0 Å². The van der Waals surface area contributed by atoms with E-state index in [4.69, 9.17) is 4.74 Å². The molecule has 0 spiro atoms. The maximum absolute atomic E-state index is 11.9. The number of hydrogen-bond acceptors (Lipinski definition) is 2. The Morgan fingerprint density at radius 2 is 1.75 bits per heavy atom. The molecule has 16 heavy (non-hydrogen) atoms. The van der Waals surface area contributed by atoms with E-state index in [1.54, 1.807) is 0 Å². The molecule has 0 heterocycles. The standard InChI is InChI=1S/C14H26O2/c1-13(2,3)16-12(15)14(4,5)10-6-7-11-8-9-11/h11H,6-10H2,1-5H3. The Morgan fingerprint density at radius 3 is 2.19 bits per heavy atom. The summed E-state index contributed by atoms with van der Waals surface area (Å²) in [5, 5.41) is 0. The molecule has 0 radical (unpaired) electrons. The SMILES string of the molecule is CC(C)(C)OC(=O)C(C)(C)CCCC1CC1. The molecule has 0 amide bonds. The third-order valence-electron chi connectivity index (χ3n) is 3.06. The fourth-order valence-corrected chi connectivity index (χ4v) is 1.76. The fraction of sp³-hybridized carbons (Fsp3) is 0.929. The van der Waals surface area contributed by atoms with Crippen LogP contribution in [0.5, 0.6) is 0 Å². The van der Waals surface area contributed by atoms with Crippen LogP contribution in [0.25, 0.3) is 0 Å². The van der Waals surface area contributed by atoms with Gasteiger partial charge in [0.25, 0.3) is 0 Å². The summed E-state index contributed by atoms with van der Waals surface area (Å²) in [5.74, 6) is 0.894. The van der Waals surface area contributed by atoms with Gasteiger partial charge in [0, 0.05) is 0 Å². The van der Waals surface area contributed by atoms with E-state index in [1.807, 2.05) is 34.6 Å². The van der Waals surface area contributed by atoms with Crippen molar-refractivity contribution in [2.24, 2.45) is 11.3 Å². The number of carbonyl (C=O) groups excluding carboxylic acids is 1. The predicted molar refractivity (Wildman–Crippen MR) is 66.2 cm³/mol. The second kappa shape index (κ2) is 4.77. The van der Waals surface area contributed by atoms with Gasteiger partial charge < -0.3 is 4.74 Å². The predicted octanol–water partition coefficient (Wildman–Crippen LogP) is 3.93. The highest BCUT2D eigenvalue weighted by molar-refractivity contribution is 5.76. The first-order valence-corrected chi connectivity index (χ1v) is 6.44. The van der Waals surface area contributed by atoms with Crippen LogP contribution in [0.3, 0.4) is 0 Å². The maximum atomic E-state index is 11.9. The van der Waals surface area contributed by atoms with Crippen molar-refractivity contribution < 1.29 is 9.53 Å². The summed E-state index contributed by atoms with van der Waals surface area (Å²) in [4.78, 5) is 11.9. The lowest BCUT2D eigenvalue weighted by molar-refractivity contribution is -0.166. The maximum Gasteiger partial charge on any atom is 0.312 e. The highest BCUT2D eigenvalue weighted by Gasteiger charge is 2.32. The van der Waals surface area contributed by atoms with E-state index in [-0.39, 0.29) is 17.0 Å². The van der Waals surface area contributed by atoms with Gasteiger partial charge in [0.05, 0.1) is 5.41 Å². The van der Waals surface area contributed by atoms with Crippen LogP contribution in [0.15, 0.2) is 0 Å². The molecule has 1 saturated carbocycles. The van der Waals surface area contributed by atoms with Crippen molar-refractivity contribution >= 4 is 5.97 Å². The lowest BCUT2D eigenvalue weighted by Crippen LogP contribution is -2.33. The van der Waals surface area contributed by atoms with E-state index in [9.17, 15) is 4.79 Å². The molecule has 94 valence electrons. The lowest BCUT2D eigenvalue weighted by atomic mass is 9.86. The van der Waals surface area contributed by atoms with E-state index in [0.717, 1.165) is 18.8 Å². The minimum Gasteiger partial charge on any atom is -0.460 e. The molecule has 0 unspecified atom stereocenters. The summed E-state index contributed by atoms with van der Waals surface area (Å²) in [7, 11) is 0. The van der Waals surface area contributed by atoms with Crippen LogP contribution < -0.4 is 0 Å². The monoisotopic (exact) mass is 226 g/mol. The van der Waals surface area contributed by atoms with Crippen LogP contribution in [0, 0.1) is 11.3 Å². The molecule has 2 nitrogen and oxygen atoms in total. The fourth-order valence-electron chi connectivity index (χ4n) is 1.76. The van der Waals surface area contributed by atoms with Gasteiger partial charge in [-0.25, -0.2) is 0 Å². The molecule has 0 bridgehead atoms. The van der Waals surface area contributed by atoms with Crippen LogP contribution in [0.4, 0.5) is 0 Å². The molecule has 0 aromatic carbocycles. The molecule has 0 aromatic heterocycles. The van der Waals surface area contributed by atoms with Gasteiger partial charge >= 0.3 is 5.97 Å². The Hall–Kier alpha value is -0.530. The number of ether oxygens (including phenoxy) is 1. The highest BCUT2D eigenvalue weighted by Crippen LogP contribution is 2.36. The molecule has 0 atom stereocenters. The van der Waals surface area contributed by atoms with Gasteiger partial charge in [0.15, 0.2) is 0 Å². The average Bonchev–Trinajstić information content (AvgIpc) is 2.84. The van der Waals surface area contributed by atoms with Crippen LogP contribution in [-0.2, 0) is 9.53 Å². The normalized spacial score (nSPS) is 17.3. The van der Waals surface area contributed by atoms with Crippen molar-refractivity contribution in [2.45, 2.75) is 72.3 Å². The topological polar surface area (TPSA) is 26.3 Å². The molecule has 2 heteroatoms. The minimum atomic E-state index is -0.370. The van der Waals surface area contributed by atoms with Crippen molar-refractivity contribution in [3.63, 3.8) is 0 Å². The Balaban J connectivity index is 2.32. The van der Waals surface area contributed by atoms with Gasteiger partial charge in [-0.05, 0) is 47.0 Å². The molecule has 1 aliphatic rings. The van der Waals surface area contributed by atoms with Gasteiger partial charge in [-0.3, -0.25) is 4.79 Å². The van der Waals surface area contributed by atoms with Gasteiger partial charge in [-0.1, -0.05) is 25.7 Å². The molecule has 1 fully saturated rings. The molecule has 1 rings (SSSR count). The second-order valence-electron chi connectivity index (χ2n) is 6.72. The van der Waals surface area contributed by atoms with Gasteiger partial charge in [0.1, 0.15) is 5.60 Å². The van der Waals surface area contributed by atoms with Crippen LogP contribution in [-0.4, -0.2) is 11.6 Å². The first-order valence-electron chi connectivity index (χ1n) is 6.44. The van der Waals surface area contributed by atoms with E-state index in [0.29, 0.717) is 0 Å². The highest BCUT2D eigenvalue weighted by atomic mass is 16.6. The Kier molecular flexibility index (Phi) is 4.03. The molecule has 0 N–H and O–H groups in total. The van der Waals surface area contributed by atoms with Gasteiger partial charge in [0.2, 0.25) is 0 Å². The lowest BCUT2D eigenvalue weighted by Gasteiger charge is -2.28. The zero-order valence-corrected chi connectivity index (χ0v) is 11.4. The van der Waals surface area contributed by atoms with Gasteiger partial charge in [-0.15, -0.1) is 0 Å². The molecule has 0 aliphatic heterocycles. The van der Waals surface area contributed by atoms with Crippen LogP contribution in [0.2, 0.25) is 0 Å². The number of carbonyl (C=O) groups is 1. The summed E-state index contributed by atoms with van der Waals surface area (Å²) in [5.41, 5.74) is -0.701. The Bertz CT molecular complexity index is 244. The zero-order valence-electron chi connectivity index (χ0n) is 11.4. The molecule has 0 saturated heterocycles. The molecule has 1 aliphatic carbocycles. The summed E-state index contributed by atoms with van der Waals surface area (Å²) in [6, 6.07) is 0. The summed E-state index contributed by atoms with van der Waals surface area (Å²) in [6.45, 7) is 9.75. The number of rotatable bonds is 5.